The summed E-state index contributed by atoms with van der Waals surface area (Å²) in [4.78, 5) is 0.455. The van der Waals surface area contributed by atoms with Crippen molar-refractivity contribution >= 4 is 22.2 Å². The molecule has 0 saturated heterocycles. The molecule has 0 heterocycles. The van der Waals surface area contributed by atoms with Crippen molar-refractivity contribution < 1.29 is 23.0 Å². The molecule has 3 rings (SSSR count). The zero-order chi connectivity index (χ0) is 22.3. The maximum Gasteiger partial charge on any atom is 0.206 e. The number of aliphatic hydroxyl groups excluding tert-OH is 1. The Hall–Kier alpha value is -2.58. The molecule has 0 bridgehead atoms. The SMILES string of the molecule is COc1ccc(S(=O)(=O)c2cccc(CCNC(Oc3ccccc3)C(C)O)c2)cc1.Cl. The van der Waals surface area contributed by atoms with Crippen molar-refractivity contribution in [1.29, 1.82) is 0 Å². The van der Waals surface area contributed by atoms with E-state index in [1.807, 2.05) is 36.4 Å². The van der Waals surface area contributed by atoms with Gasteiger partial charge in [0.15, 0.2) is 6.23 Å². The molecule has 6 nitrogen and oxygen atoms in total. The van der Waals surface area contributed by atoms with Crippen LogP contribution in [0.4, 0.5) is 0 Å². The normalized spacial score (nSPS) is 13.0. The van der Waals surface area contributed by atoms with Gasteiger partial charge in [-0.15, -0.1) is 12.4 Å². The standard InChI is InChI=1S/C24H27NO5S.ClH/c1-18(26)24(30-21-8-4-3-5-9-21)25-16-15-19-7-6-10-23(17-19)31(27,28)22-13-11-20(29-2)12-14-22;/h3-14,17-18,24-26H,15-16H2,1-2H3;1H. The van der Waals surface area contributed by atoms with E-state index in [1.165, 1.54) is 19.2 Å². The van der Waals surface area contributed by atoms with Crippen LogP contribution in [0.3, 0.4) is 0 Å². The van der Waals surface area contributed by atoms with Gasteiger partial charge in [0.2, 0.25) is 9.84 Å². The van der Waals surface area contributed by atoms with Crippen LogP contribution in [0.15, 0.2) is 88.7 Å². The molecule has 32 heavy (non-hydrogen) atoms. The van der Waals surface area contributed by atoms with Crippen LogP contribution in [0.1, 0.15) is 12.5 Å². The molecule has 3 aromatic carbocycles. The first kappa shape index (κ1) is 25.7. The Bertz CT molecular complexity index is 1070. The van der Waals surface area contributed by atoms with Crippen molar-refractivity contribution in [2.45, 2.75) is 35.5 Å². The van der Waals surface area contributed by atoms with Gasteiger partial charge in [0.1, 0.15) is 17.6 Å². The van der Waals surface area contributed by atoms with Crippen LogP contribution in [0.5, 0.6) is 11.5 Å². The molecule has 0 saturated carbocycles. The lowest BCUT2D eigenvalue weighted by molar-refractivity contribution is 0.0274. The molecule has 0 aliphatic rings. The minimum absolute atomic E-state index is 0. The second-order valence-corrected chi connectivity index (χ2v) is 9.07. The monoisotopic (exact) mass is 477 g/mol. The minimum Gasteiger partial charge on any atom is -0.497 e. The average molecular weight is 478 g/mol. The summed E-state index contributed by atoms with van der Waals surface area (Å²) in [5.74, 6) is 1.26. The number of sulfone groups is 1. The Morgan fingerprint density at radius 3 is 2.22 bits per heavy atom. The fraction of sp³-hybridized carbons (Fsp3) is 0.250. The average Bonchev–Trinajstić information content (AvgIpc) is 2.79. The Kier molecular flexibility index (Phi) is 9.53. The summed E-state index contributed by atoms with van der Waals surface area (Å²) in [7, 11) is -2.09. The molecule has 172 valence electrons. The van der Waals surface area contributed by atoms with Crippen molar-refractivity contribution in [2.24, 2.45) is 0 Å². The number of methoxy groups -OCH3 is 1. The zero-order valence-corrected chi connectivity index (χ0v) is 19.6. The van der Waals surface area contributed by atoms with Crippen LogP contribution in [-0.2, 0) is 16.3 Å². The van der Waals surface area contributed by atoms with E-state index in [0.717, 1.165) is 5.56 Å². The third kappa shape index (κ3) is 6.71. The summed E-state index contributed by atoms with van der Waals surface area (Å²) < 4.78 is 36.8. The second kappa shape index (κ2) is 11.9. The minimum atomic E-state index is -3.62. The van der Waals surface area contributed by atoms with Crippen molar-refractivity contribution in [3.63, 3.8) is 0 Å². The fourth-order valence-electron chi connectivity index (χ4n) is 3.07. The molecule has 0 spiro atoms. The molecular formula is C24H28ClNO5S. The van der Waals surface area contributed by atoms with Gasteiger partial charge in [0.25, 0.3) is 0 Å². The van der Waals surface area contributed by atoms with Crippen LogP contribution < -0.4 is 14.8 Å². The Balaban J connectivity index is 0.00000363. The van der Waals surface area contributed by atoms with Crippen molar-refractivity contribution in [3.8, 4) is 11.5 Å². The number of hydrogen-bond donors (Lipinski definition) is 2. The first-order valence-corrected chi connectivity index (χ1v) is 11.5. The van der Waals surface area contributed by atoms with Crippen LogP contribution in [0.25, 0.3) is 0 Å². The van der Waals surface area contributed by atoms with Gasteiger partial charge in [-0.25, -0.2) is 8.42 Å². The number of ether oxygens (including phenoxy) is 2. The van der Waals surface area contributed by atoms with Gasteiger partial charge < -0.3 is 14.6 Å². The molecule has 0 aliphatic carbocycles. The molecule has 3 aromatic rings. The molecule has 0 aliphatic heterocycles. The summed E-state index contributed by atoms with van der Waals surface area (Å²) in [5, 5.41) is 13.2. The maximum absolute atomic E-state index is 13.0. The number of rotatable bonds is 10. The van der Waals surface area contributed by atoms with Crippen molar-refractivity contribution in [2.75, 3.05) is 13.7 Å². The summed E-state index contributed by atoms with van der Waals surface area (Å²) in [6.07, 6.45) is -0.719. The lowest BCUT2D eigenvalue weighted by Crippen LogP contribution is -2.43. The second-order valence-electron chi connectivity index (χ2n) is 7.12. The highest BCUT2D eigenvalue weighted by atomic mass is 35.5. The van der Waals surface area contributed by atoms with E-state index in [-0.39, 0.29) is 22.2 Å². The summed E-state index contributed by atoms with van der Waals surface area (Å²) in [6, 6.07) is 22.5. The Labute approximate surface area is 195 Å². The molecule has 8 heteroatoms. The molecule has 0 fully saturated rings. The first-order chi connectivity index (χ1) is 14.9. The van der Waals surface area contributed by atoms with Gasteiger partial charge in [0, 0.05) is 6.54 Å². The number of para-hydroxylation sites is 1. The van der Waals surface area contributed by atoms with Gasteiger partial charge >= 0.3 is 0 Å². The third-order valence-corrected chi connectivity index (χ3v) is 6.55. The van der Waals surface area contributed by atoms with Crippen LogP contribution >= 0.6 is 12.4 Å². The number of hydrogen-bond acceptors (Lipinski definition) is 6. The van der Waals surface area contributed by atoms with E-state index < -0.39 is 22.2 Å². The first-order valence-electron chi connectivity index (χ1n) is 10.0. The lowest BCUT2D eigenvalue weighted by atomic mass is 10.1. The van der Waals surface area contributed by atoms with E-state index in [2.05, 4.69) is 5.32 Å². The van der Waals surface area contributed by atoms with Crippen molar-refractivity contribution in [1.82, 2.24) is 5.32 Å². The van der Waals surface area contributed by atoms with E-state index in [4.69, 9.17) is 9.47 Å². The van der Waals surface area contributed by atoms with E-state index in [9.17, 15) is 13.5 Å². The van der Waals surface area contributed by atoms with Gasteiger partial charge in [-0.2, -0.15) is 0 Å². The maximum atomic E-state index is 13.0. The number of benzene rings is 3. The Morgan fingerprint density at radius 2 is 1.59 bits per heavy atom. The molecule has 2 atom stereocenters. The van der Waals surface area contributed by atoms with Crippen LogP contribution in [0, 0.1) is 0 Å². The number of aliphatic hydroxyl groups is 1. The molecule has 0 aromatic heterocycles. The van der Waals surface area contributed by atoms with E-state index in [0.29, 0.717) is 24.5 Å². The molecule has 0 amide bonds. The number of nitrogens with one attached hydrogen (secondary N) is 1. The predicted molar refractivity (Wildman–Crippen MR) is 126 cm³/mol. The fourth-order valence-corrected chi connectivity index (χ4v) is 4.41. The summed E-state index contributed by atoms with van der Waals surface area (Å²) >= 11 is 0. The third-order valence-electron chi connectivity index (χ3n) is 4.78. The zero-order valence-electron chi connectivity index (χ0n) is 18.0. The quantitative estimate of drug-likeness (QED) is 0.431. The van der Waals surface area contributed by atoms with E-state index >= 15 is 0 Å². The molecular weight excluding hydrogens is 450 g/mol. The largest absolute Gasteiger partial charge is 0.497 e. The molecule has 0 radical (unpaired) electrons. The topological polar surface area (TPSA) is 84.9 Å². The van der Waals surface area contributed by atoms with Gasteiger partial charge in [0.05, 0.1) is 16.9 Å². The smallest absolute Gasteiger partial charge is 0.206 e. The van der Waals surface area contributed by atoms with Crippen LogP contribution in [-0.4, -0.2) is 39.5 Å². The molecule has 2 N–H and O–H groups in total. The highest BCUT2D eigenvalue weighted by molar-refractivity contribution is 7.91. The van der Waals surface area contributed by atoms with E-state index in [1.54, 1.807) is 37.3 Å². The summed E-state index contributed by atoms with van der Waals surface area (Å²) in [5.41, 5.74) is 0.867. The van der Waals surface area contributed by atoms with Crippen molar-refractivity contribution in [3.05, 3.63) is 84.4 Å². The lowest BCUT2D eigenvalue weighted by Gasteiger charge is -2.23. The predicted octanol–water partition coefficient (Wildman–Crippen LogP) is 3.87. The van der Waals surface area contributed by atoms with Gasteiger partial charge in [-0.05, 0) is 67.4 Å². The van der Waals surface area contributed by atoms with Gasteiger partial charge in [-0.3, -0.25) is 5.32 Å². The molecule has 2 unspecified atom stereocenters. The Morgan fingerprint density at radius 1 is 0.906 bits per heavy atom. The summed E-state index contributed by atoms with van der Waals surface area (Å²) in [6.45, 7) is 2.16. The highest BCUT2D eigenvalue weighted by Gasteiger charge is 2.19. The van der Waals surface area contributed by atoms with Gasteiger partial charge in [-0.1, -0.05) is 30.3 Å². The number of halogens is 1. The highest BCUT2D eigenvalue weighted by Crippen LogP contribution is 2.24. The van der Waals surface area contributed by atoms with Crippen LogP contribution in [0.2, 0.25) is 0 Å².